The number of aryl methyl sites for hydroxylation is 1. The highest BCUT2D eigenvalue weighted by Gasteiger charge is 2.28. The molecular weight excluding hydrogens is 311 g/mol. The lowest BCUT2D eigenvalue weighted by atomic mass is 10.0. The Hall–Kier alpha value is -0.620. The summed E-state index contributed by atoms with van der Waals surface area (Å²) in [6.07, 6.45) is 0.404. The molecule has 4 nitrogen and oxygen atoms in total. The molecule has 1 N–H and O–H groups in total. The second-order valence-corrected chi connectivity index (χ2v) is 6.87. The lowest BCUT2D eigenvalue weighted by Crippen LogP contribution is -2.29. The van der Waals surface area contributed by atoms with Gasteiger partial charge in [0, 0.05) is 10.9 Å². The number of carbonyl (C=O) groups excluding carboxylic acids is 1. The maximum Gasteiger partial charge on any atom is 0.269 e. The molecule has 1 rings (SSSR count). The van der Waals surface area contributed by atoms with E-state index >= 15 is 0 Å². The fourth-order valence-corrected chi connectivity index (χ4v) is 3.43. The van der Waals surface area contributed by atoms with Gasteiger partial charge in [-0.2, -0.15) is 8.42 Å². The molecule has 0 fully saturated rings. The zero-order valence-electron chi connectivity index (χ0n) is 10.2. The lowest BCUT2D eigenvalue weighted by molar-refractivity contribution is 0.108. The van der Waals surface area contributed by atoms with E-state index in [1.54, 1.807) is 24.3 Å². The molecule has 2 atom stereocenters. The minimum absolute atomic E-state index is 0.116. The minimum atomic E-state index is -4.22. The first kappa shape index (κ1) is 16.4. The number of hydrogen-bond donors (Lipinski definition) is 1. The van der Waals surface area contributed by atoms with Gasteiger partial charge < -0.3 is 0 Å². The van der Waals surface area contributed by atoms with Crippen LogP contribution in [0, 0.1) is 0 Å². The maximum atomic E-state index is 11.2. The van der Waals surface area contributed by atoms with Crippen molar-refractivity contribution in [1.29, 1.82) is 0 Å². The van der Waals surface area contributed by atoms with Crippen LogP contribution in [-0.2, 0) is 16.5 Å². The van der Waals surface area contributed by atoms with Crippen LogP contribution in [0.3, 0.4) is 0 Å². The van der Waals surface area contributed by atoms with Crippen LogP contribution in [0.25, 0.3) is 0 Å². The zero-order chi connectivity index (χ0) is 14.6. The smallest absolute Gasteiger partial charge is 0.269 e. The van der Waals surface area contributed by atoms with E-state index in [0.29, 0.717) is 11.1 Å². The van der Waals surface area contributed by atoms with E-state index in [9.17, 15) is 13.2 Å². The quantitative estimate of drug-likeness (QED) is 0.496. The van der Waals surface area contributed by atoms with Crippen molar-refractivity contribution >= 4 is 38.6 Å². The first-order valence-corrected chi connectivity index (χ1v) is 7.93. The Bertz CT molecular complexity index is 555. The summed E-state index contributed by atoms with van der Waals surface area (Å²) in [4.78, 5) is 11.2. The zero-order valence-corrected chi connectivity index (χ0v) is 12.5. The van der Waals surface area contributed by atoms with Crippen molar-refractivity contribution in [2.45, 2.75) is 30.4 Å². The number of halogens is 2. The summed E-state index contributed by atoms with van der Waals surface area (Å²) in [7, 11) is -4.22. The third-order valence-electron chi connectivity index (χ3n) is 2.82. The highest BCUT2D eigenvalue weighted by molar-refractivity contribution is 7.86. The number of carbonyl (C=O) groups is 1. The maximum absolute atomic E-state index is 11.2. The summed E-state index contributed by atoms with van der Waals surface area (Å²) in [5.41, 5.74) is 0.967. The van der Waals surface area contributed by atoms with Gasteiger partial charge in [-0.1, -0.05) is 18.2 Å². The van der Waals surface area contributed by atoms with Gasteiger partial charge in [-0.25, -0.2) is 0 Å². The van der Waals surface area contributed by atoms with Gasteiger partial charge in [-0.3, -0.25) is 9.35 Å². The van der Waals surface area contributed by atoms with Crippen LogP contribution in [0.2, 0.25) is 0 Å². The van der Waals surface area contributed by atoms with Crippen molar-refractivity contribution in [3.63, 3.8) is 0 Å². The van der Waals surface area contributed by atoms with Crippen molar-refractivity contribution in [2.75, 3.05) is 0 Å². The van der Waals surface area contributed by atoms with Crippen molar-refractivity contribution < 1.29 is 17.8 Å². The molecule has 19 heavy (non-hydrogen) atoms. The molecule has 0 radical (unpaired) electrons. The van der Waals surface area contributed by atoms with Crippen molar-refractivity contribution in [2.24, 2.45) is 0 Å². The van der Waals surface area contributed by atoms with Gasteiger partial charge in [-0.05, 0) is 43.0 Å². The number of benzene rings is 1. The average Bonchev–Trinajstić information content (AvgIpc) is 2.27. The molecule has 1 aromatic carbocycles. The third-order valence-corrected chi connectivity index (χ3v) is 4.89. The molecule has 0 saturated heterocycles. The number of alkyl halides is 1. The summed E-state index contributed by atoms with van der Waals surface area (Å²) in [6, 6.07) is 6.65. The Kier molecular flexibility index (Phi) is 5.80. The molecule has 0 spiro atoms. The molecule has 2 unspecified atom stereocenters. The summed E-state index contributed by atoms with van der Waals surface area (Å²) in [6.45, 7) is 1.50. The van der Waals surface area contributed by atoms with Gasteiger partial charge in [0.25, 0.3) is 15.4 Å². The van der Waals surface area contributed by atoms with E-state index in [-0.39, 0.29) is 12.8 Å². The first-order chi connectivity index (χ1) is 8.73. The molecule has 0 saturated carbocycles. The molecule has 1 aromatic rings. The summed E-state index contributed by atoms with van der Waals surface area (Å²) in [5.74, 6) is 0. The van der Waals surface area contributed by atoms with Crippen molar-refractivity contribution in [1.82, 2.24) is 0 Å². The van der Waals surface area contributed by atoms with E-state index in [4.69, 9.17) is 27.8 Å². The summed E-state index contributed by atoms with van der Waals surface area (Å²) in [5, 5.41) is -2.40. The van der Waals surface area contributed by atoms with Gasteiger partial charge in [0.2, 0.25) is 0 Å². The van der Waals surface area contributed by atoms with Crippen LogP contribution < -0.4 is 0 Å². The van der Waals surface area contributed by atoms with E-state index < -0.39 is 26.0 Å². The molecule has 0 bridgehead atoms. The van der Waals surface area contributed by atoms with Crippen LogP contribution in [0.1, 0.15) is 29.3 Å². The van der Waals surface area contributed by atoms with Crippen LogP contribution in [-0.4, -0.2) is 28.8 Å². The topological polar surface area (TPSA) is 71.4 Å². The number of rotatable bonds is 6. The van der Waals surface area contributed by atoms with Gasteiger partial charge in [0.15, 0.2) is 0 Å². The van der Waals surface area contributed by atoms with Crippen LogP contribution in [0.15, 0.2) is 24.3 Å². The monoisotopic (exact) mass is 324 g/mol. The molecular formula is C12H14Cl2O4S. The lowest BCUT2D eigenvalue weighted by Gasteiger charge is -2.16. The van der Waals surface area contributed by atoms with Crippen molar-refractivity contribution in [3.8, 4) is 0 Å². The SMILES string of the molecule is CC(Cl)C(CCc1ccccc1C(=O)Cl)S(=O)(=O)O. The third kappa shape index (κ3) is 4.76. The predicted molar refractivity (Wildman–Crippen MR) is 75.6 cm³/mol. The van der Waals surface area contributed by atoms with E-state index in [1.165, 1.54) is 6.92 Å². The molecule has 7 heteroatoms. The Balaban J connectivity index is 2.90. The molecule has 0 amide bonds. The summed E-state index contributed by atoms with van der Waals surface area (Å²) >= 11 is 11.2. The molecule has 0 aliphatic carbocycles. The van der Waals surface area contributed by atoms with Crippen LogP contribution in [0.4, 0.5) is 0 Å². The second kappa shape index (κ2) is 6.70. The van der Waals surface area contributed by atoms with Crippen LogP contribution >= 0.6 is 23.2 Å². The normalized spacial score (nSPS) is 14.9. The number of hydrogen-bond acceptors (Lipinski definition) is 3. The first-order valence-electron chi connectivity index (χ1n) is 5.61. The highest BCUT2D eigenvalue weighted by atomic mass is 35.5. The van der Waals surface area contributed by atoms with E-state index in [1.807, 2.05) is 0 Å². The molecule has 0 aliphatic rings. The fraction of sp³-hybridized carbons (Fsp3) is 0.417. The average molecular weight is 325 g/mol. The Morgan fingerprint density at radius 3 is 2.42 bits per heavy atom. The van der Waals surface area contributed by atoms with Crippen LogP contribution in [0.5, 0.6) is 0 Å². The molecule has 106 valence electrons. The van der Waals surface area contributed by atoms with Gasteiger partial charge in [0.1, 0.15) is 5.25 Å². The van der Waals surface area contributed by atoms with E-state index in [0.717, 1.165) is 0 Å². The minimum Gasteiger partial charge on any atom is -0.285 e. The standard InChI is InChI=1S/C12H14Cl2O4S/c1-8(13)11(19(16,17)18)7-6-9-4-2-3-5-10(9)12(14)15/h2-5,8,11H,6-7H2,1H3,(H,16,17,18). The molecule has 0 aromatic heterocycles. The molecule has 0 aliphatic heterocycles. The predicted octanol–water partition coefficient (Wildman–Crippen LogP) is 2.88. The van der Waals surface area contributed by atoms with E-state index in [2.05, 4.69) is 0 Å². The molecule has 0 heterocycles. The van der Waals surface area contributed by atoms with Gasteiger partial charge in [-0.15, -0.1) is 11.6 Å². The van der Waals surface area contributed by atoms with Gasteiger partial charge in [0.05, 0.1) is 0 Å². The highest BCUT2D eigenvalue weighted by Crippen LogP contribution is 2.20. The fourth-order valence-electron chi connectivity index (χ4n) is 1.84. The Morgan fingerprint density at radius 1 is 1.37 bits per heavy atom. The Labute approximate surface area is 122 Å². The largest absolute Gasteiger partial charge is 0.285 e. The summed E-state index contributed by atoms with van der Waals surface area (Å²) < 4.78 is 31.5. The Morgan fingerprint density at radius 2 is 1.95 bits per heavy atom. The van der Waals surface area contributed by atoms with Gasteiger partial charge >= 0.3 is 0 Å². The van der Waals surface area contributed by atoms with Crippen molar-refractivity contribution in [3.05, 3.63) is 35.4 Å². The second-order valence-electron chi connectivity index (χ2n) is 4.20.